The first kappa shape index (κ1) is 12.9. The van der Waals surface area contributed by atoms with Crippen molar-refractivity contribution >= 4 is 5.91 Å². The number of nitrogens with zero attached hydrogens (tertiary/aromatic N) is 1. The fourth-order valence-corrected chi connectivity index (χ4v) is 2.50. The van der Waals surface area contributed by atoms with Gasteiger partial charge in [-0.15, -0.1) is 0 Å². The van der Waals surface area contributed by atoms with Crippen molar-refractivity contribution in [2.75, 3.05) is 0 Å². The molecule has 1 N–H and O–H groups in total. The summed E-state index contributed by atoms with van der Waals surface area (Å²) >= 11 is 0. The lowest BCUT2D eigenvalue weighted by molar-refractivity contribution is -0.123. The van der Waals surface area contributed by atoms with Crippen LogP contribution in [0.3, 0.4) is 0 Å². The molecule has 3 heteroatoms. The van der Waals surface area contributed by atoms with E-state index in [1.807, 2.05) is 42.5 Å². The molecule has 0 bridgehead atoms. The van der Waals surface area contributed by atoms with E-state index in [9.17, 15) is 4.79 Å². The predicted octanol–water partition coefficient (Wildman–Crippen LogP) is 2.94. The highest BCUT2D eigenvalue weighted by atomic mass is 16.2. The molecular formula is C17H18N2O. The lowest BCUT2D eigenvalue weighted by atomic mass is 9.99. The number of carbonyl (C=O) groups excluding carboxylic acids is 1. The van der Waals surface area contributed by atoms with Crippen LogP contribution < -0.4 is 5.32 Å². The first-order chi connectivity index (χ1) is 9.75. The number of hydrogen-bond donors (Lipinski definition) is 1. The summed E-state index contributed by atoms with van der Waals surface area (Å²) in [6.45, 7) is 2.12. The molecule has 20 heavy (non-hydrogen) atoms. The number of nitrogens with one attached hydrogen (secondary N) is 1. The normalized spacial score (nSPS) is 22.1. The maximum Gasteiger partial charge on any atom is 0.224 e. The van der Waals surface area contributed by atoms with Crippen molar-refractivity contribution in [3.63, 3.8) is 0 Å². The van der Waals surface area contributed by atoms with Gasteiger partial charge >= 0.3 is 0 Å². The van der Waals surface area contributed by atoms with Crippen molar-refractivity contribution in [3.8, 4) is 0 Å². The SMILES string of the molecule is CC1CC1C(=O)NC(c1ccccc1)c1ccncc1. The summed E-state index contributed by atoms with van der Waals surface area (Å²) < 4.78 is 0. The zero-order chi connectivity index (χ0) is 13.9. The van der Waals surface area contributed by atoms with E-state index in [0.29, 0.717) is 5.92 Å². The molecule has 1 aromatic heterocycles. The van der Waals surface area contributed by atoms with Crippen LogP contribution in [0.5, 0.6) is 0 Å². The summed E-state index contributed by atoms with van der Waals surface area (Å²) in [5, 5.41) is 3.18. The molecular weight excluding hydrogens is 248 g/mol. The number of rotatable bonds is 4. The molecule has 3 atom stereocenters. The van der Waals surface area contributed by atoms with Gasteiger partial charge in [-0.25, -0.2) is 0 Å². The maximum absolute atomic E-state index is 12.2. The molecule has 3 nitrogen and oxygen atoms in total. The number of hydrogen-bond acceptors (Lipinski definition) is 2. The maximum atomic E-state index is 12.2. The van der Waals surface area contributed by atoms with Gasteiger partial charge in [0.1, 0.15) is 0 Å². The number of pyridine rings is 1. The van der Waals surface area contributed by atoms with Crippen LogP contribution in [0, 0.1) is 11.8 Å². The smallest absolute Gasteiger partial charge is 0.224 e. The zero-order valence-corrected chi connectivity index (χ0v) is 11.5. The van der Waals surface area contributed by atoms with Gasteiger partial charge < -0.3 is 5.32 Å². The summed E-state index contributed by atoms with van der Waals surface area (Å²) in [6.07, 6.45) is 4.53. The largest absolute Gasteiger partial charge is 0.345 e. The van der Waals surface area contributed by atoms with E-state index in [4.69, 9.17) is 0 Å². The molecule has 3 rings (SSSR count). The minimum Gasteiger partial charge on any atom is -0.345 e. The Balaban J connectivity index is 1.86. The number of carbonyl (C=O) groups is 1. The Bertz CT molecular complexity index is 543. The molecule has 0 spiro atoms. The molecule has 0 radical (unpaired) electrons. The van der Waals surface area contributed by atoms with E-state index in [-0.39, 0.29) is 17.9 Å². The van der Waals surface area contributed by atoms with Crippen LogP contribution in [0.2, 0.25) is 0 Å². The fraction of sp³-hybridized carbons (Fsp3) is 0.294. The van der Waals surface area contributed by atoms with E-state index in [1.54, 1.807) is 12.4 Å². The monoisotopic (exact) mass is 266 g/mol. The standard InChI is InChI=1S/C17H18N2O/c1-12-11-15(12)17(20)19-16(13-5-3-2-4-6-13)14-7-9-18-10-8-14/h2-10,12,15-16H,11H2,1H3,(H,19,20). The average Bonchev–Trinajstić information content (AvgIpc) is 3.23. The van der Waals surface area contributed by atoms with Gasteiger partial charge in [0.15, 0.2) is 0 Å². The van der Waals surface area contributed by atoms with Crippen LogP contribution in [0.4, 0.5) is 0 Å². The second kappa shape index (κ2) is 5.45. The van der Waals surface area contributed by atoms with E-state index in [1.165, 1.54) is 0 Å². The van der Waals surface area contributed by atoms with Crippen LogP contribution in [0.25, 0.3) is 0 Å². The predicted molar refractivity (Wildman–Crippen MR) is 77.9 cm³/mol. The van der Waals surface area contributed by atoms with Gasteiger partial charge in [-0.3, -0.25) is 9.78 Å². The van der Waals surface area contributed by atoms with Gasteiger partial charge in [-0.05, 0) is 35.6 Å². The summed E-state index contributed by atoms with van der Waals surface area (Å²) in [4.78, 5) is 16.3. The van der Waals surface area contributed by atoms with Crippen LogP contribution in [0.15, 0.2) is 54.9 Å². The van der Waals surface area contributed by atoms with E-state index < -0.39 is 0 Å². The zero-order valence-electron chi connectivity index (χ0n) is 11.5. The quantitative estimate of drug-likeness (QED) is 0.924. The Kier molecular flexibility index (Phi) is 3.50. The van der Waals surface area contributed by atoms with E-state index >= 15 is 0 Å². The molecule has 0 aliphatic heterocycles. The van der Waals surface area contributed by atoms with Gasteiger partial charge in [-0.1, -0.05) is 37.3 Å². The second-order valence-corrected chi connectivity index (χ2v) is 5.45. The van der Waals surface area contributed by atoms with Crippen molar-refractivity contribution in [1.29, 1.82) is 0 Å². The molecule has 1 saturated carbocycles. The Morgan fingerprint density at radius 2 is 1.75 bits per heavy atom. The molecule has 3 unspecified atom stereocenters. The van der Waals surface area contributed by atoms with Crippen molar-refractivity contribution < 1.29 is 4.79 Å². The Morgan fingerprint density at radius 3 is 2.35 bits per heavy atom. The molecule has 102 valence electrons. The van der Waals surface area contributed by atoms with Crippen LogP contribution in [0.1, 0.15) is 30.5 Å². The third-order valence-corrected chi connectivity index (χ3v) is 3.91. The van der Waals surface area contributed by atoms with Crippen molar-refractivity contribution in [2.24, 2.45) is 11.8 Å². The topological polar surface area (TPSA) is 42.0 Å². The summed E-state index contributed by atoms with van der Waals surface area (Å²) in [5.74, 6) is 0.857. The van der Waals surface area contributed by atoms with Gasteiger partial charge in [0, 0.05) is 18.3 Å². The van der Waals surface area contributed by atoms with Crippen LogP contribution in [-0.2, 0) is 4.79 Å². The Hall–Kier alpha value is -2.16. The van der Waals surface area contributed by atoms with Crippen molar-refractivity contribution in [1.82, 2.24) is 10.3 Å². The molecule has 1 amide bonds. The summed E-state index contributed by atoms with van der Waals surface area (Å²) in [5.41, 5.74) is 2.16. The molecule has 1 heterocycles. The number of amides is 1. The molecule has 1 fully saturated rings. The minimum atomic E-state index is -0.0977. The minimum absolute atomic E-state index is 0.0977. The fourth-order valence-electron chi connectivity index (χ4n) is 2.50. The molecule has 2 aromatic rings. The molecule has 1 aliphatic carbocycles. The molecule has 0 saturated heterocycles. The van der Waals surface area contributed by atoms with Gasteiger partial charge in [-0.2, -0.15) is 0 Å². The lowest BCUT2D eigenvalue weighted by Gasteiger charge is -2.19. The highest BCUT2D eigenvalue weighted by Crippen LogP contribution is 2.38. The van der Waals surface area contributed by atoms with Crippen molar-refractivity contribution in [3.05, 3.63) is 66.0 Å². The highest BCUT2D eigenvalue weighted by molar-refractivity contribution is 5.82. The first-order valence-electron chi connectivity index (χ1n) is 7.01. The summed E-state index contributed by atoms with van der Waals surface area (Å²) in [6, 6.07) is 13.9. The van der Waals surface area contributed by atoms with Gasteiger partial charge in [0.25, 0.3) is 0 Å². The van der Waals surface area contributed by atoms with E-state index in [0.717, 1.165) is 17.5 Å². The third kappa shape index (κ3) is 2.72. The second-order valence-electron chi connectivity index (χ2n) is 5.45. The molecule has 1 aromatic carbocycles. The Labute approximate surface area is 119 Å². The van der Waals surface area contributed by atoms with E-state index in [2.05, 4.69) is 17.2 Å². The van der Waals surface area contributed by atoms with Crippen LogP contribution >= 0.6 is 0 Å². The number of aromatic nitrogens is 1. The highest BCUT2D eigenvalue weighted by Gasteiger charge is 2.39. The van der Waals surface area contributed by atoms with Gasteiger partial charge in [0.2, 0.25) is 5.91 Å². The third-order valence-electron chi connectivity index (χ3n) is 3.91. The molecule has 1 aliphatic rings. The number of benzene rings is 1. The lowest BCUT2D eigenvalue weighted by Crippen LogP contribution is -2.30. The van der Waals surface area contributed by atoms with Gasteiger partial charge in [0.05, 0.1) is 6.04 Å². The van der Waals surface area contributed by atoms with Crippen LogP contribution in [-0.4, -0.2) is 10.9 Å². The average molecular weight is 266 g/mol. The Morgan fingerprint density at radius 1 is 1.15 bits per heavy atom. The van der Waals surface area contributed by atoms with Crippen molar-refractivity contribution in [2.45, 2.75) is 19.4 Å². The first-order valence-corrected chi connectivity index (χ1v) is 7.01. The summed E-state index contributed by atoms with van der Waals surface area (Å²) in [7, 11) is 0.